The number of nitrogens with zero attached hydrogens (tertiary/aromatic N) is 1. The maximum absolute atomic E-state index is 13.7. The number of amides is 1. The van der Waals surface area contributed by atoms with Crippen molar-refractivity contribution in [2.75, 3.05) is 5.32 Å². The number of anilines is 1. The van der Waals surface area contributed by atoms with E-state index in [1.165, 1.54) is 30.5 Å². The van der Waals surface area contributed by atoms with Crippen LogP contribution in [-0.2, 0) is 0 Å². The summed E-state index contributed by atoms with van der Waals surface area (Å²) in [5.74, 6) is -0.549. The Balaban J connectivity index is 1.49. The summed E-state index contributed by atoms with van der Waals surface area (Å²) in [6, 6.07) is 8.95. The molecule has 0 spiro atoms. The van der Waals surface area contributed by atoms with Gasteiger partial charge in [0.15, 0.2) is 11.6 Å². The number of halogens is 1. The second-order valence-electron chi connectivity index (χ2n) is 6.05. The number of nitrogens with one attached hydrogen (secondary N) is 3. The maximum Gasteiger partial charge on any atom is 0.273 e. The Morgan fingerprint density at radius 1 is 1.20 bits per heavy atom. The Labute approximate surface area is 142 Å². The van der Waals surface area contributed by atoms with Crippen LogP contribution in [0.2, 0.25) is 0 Å². The minimum atomic E-state index is -0.594. The average Bonchev–Trinajstić information content (AvgIpc) is 3.15. The highest BCUT2D eigenvalue weighted by Crippen LogP contribution is 2.39. The van der Waals surface area contributed by atoms with Crippen molar-refractivity contribution in [3.05, 3.63) is 70.9 Å². The van der Waals surface area contributed by atoms with Crippen LogP contribution in [0.4, 0.5) is 10.2 Å². The second-order valence-corrected chi connectivity index (χ2v) is 6.05. The van der Waals surface area contributed by atoms with Crippen LogP contribution in [-0.4, -0.2) is 26.9 Å². The van der Waals surface area contributed by atoms with E-state index in [9.17, 15) is 14.0 Å². The first-order valence-corrected chi connectivity index (χ1v) is 7.96. The lowest BCUT2D eigenvalue weighted by Gasteiger charge is -1.99. The zero-order chi connectivity index (χ0) is 17.4. The van der Waals surface area contributed by atoms with Gasteiger partial charge < -0.3 is 10.3 Å². The van der Waals surface area contributed by atoms with E-state index in [4.69, 9.17) is 0 Å². The van der Waals surface area contributed by atoms with E-state index in [0.717, 1.165) is 18.5 Å². The van der Waals surface area contributed by atoms with Crippen LogP contribution in [0.1, 0.15) is 50.9 Å². The Morgan fingerprint density at radius 3 is 2.76 bits per heavy atom. The van der Waals surface area contributed by atoms with Gasteiger partial charge in [-0.1, -0.05) is 12.1 Å². The highest BCUT2D eigenvalue weighted by molar-refractivity contribution is 6.11. The lowest BCUT2D eigenvalue weighted by atomic mass is 10.1. The summed E-state index contributed by atoms with van der Waals surface area (Å²) in [5, 5.41) is 9.63. The van der Waals surface area contributed by atoms with Gasteiger partial charge in [0.2, 0.25) is 0 Å². The molecular formula is C18H15FN4O2. The van der Waals surface area contributed by atoms with Gasteiger partial charge in [0.25, 0.3) is 5.91 Å². The molecule has 6 nitrogen and oxygen atoms in total. The van der Waals surface area contributed by atoms with Crippen LogP contribution in [0, 0.1) is 5.82 Å². The van der Waals surface area contributed by atoms with Crippen LogP contribution in [0.3, 0.4) is 0 Å². The molecule has 25 heavy (non-hydrogen) atoms. The van der Waals surface area contributed by atoms with Gasteiger partial charge in [-0.15, -0.1) is 0 Å². The normalized spacial score (nSPS) is 13.6. The number of hydrogen-bond acceptors (Lipinski definition) is 3. The molecule has 3 aromatic rings. The number of carbonyl (C=O) groups excluding carboxylic acids is 2. The summed E-state index contributed by atoms with van der Waals surface area (Å²) < 4.78 is 13.7. The van der Waals surface area contributed by atoms with E-state index in [1.54, 1.807) is 6.07 Å². The van der Waals surface area contributed by atoms with Gasteiger partial charge in [0, 0.05) is 29.4 Å². The molecule has 7 heteroatoms. The molecule has 0 atom stereocenters. The van der Waals surface area contributed by atoms with E-state index >= 15 is 0 Å². The quantitative estimate of drug-likeness (QED) is 0.624. The number of rotatable bonds is 5. The van der Waals surface area contributed by atoms with Gasteiger partial charge in [-0.3, -0.25) is 14.7 Å². The highest BCUT2D eigenvalue weighted by Gasteiger charge is 2.26. The number of aromatic nitrogens is 3. The first kappa shape index (κ1) is 15.3. The summed E-state index contributed by atoms with van der Waals surface area (Å²) in [7, 11) is 0. The molecule has 4 rings (SSSR count). The van der Waals surface area contributed by atoms with Gasteiger partial charge in [0.1, 0.15) is 11.5 Å². The summed E-state index contributed by atoms with van der Waals surface area (Å²) in [6.07, 6.45) is 3.66. The van der Waals surface area contributed by atoms with Crippen LogP contribution in [0.25, 0.3) is 0 Å². The van der Waals surface area contributed by atoms with Gasteiger partial charge in [0.05, 0.1) is 5.56 Å². The Kier molecular flexibility index (Phi) is 3.68. The van der Waals surface area contributed by atoms with Crippen LogP contribution >= 0.6 is 0 Å². The third-order valence-electron chi connectivity index (χ3n) is 4.16. The van der Waals surface area contributed by atoms with Crippen molar-refractivity contribution in [2.45, 2.75) is 18.8 Å². The van der Waals surface area contributed by atoms with Crippen molar-refractivity contribution in [1.82, 2.24) is 15.2 Å². The predicted octanol–water partition coefficient (Wildman–Crippen LogP) is 3.24. The molecule has 1 aromatic carbocycles. The topological polar surface area (TPSA) is 90.6 Å². The summed E-state index contributed by atoms with van der Waals surface area (Å²) in [6.45, 7) is 0. The van der Waals surface area contributed by atoms with E-state index in [0.29, 0.717) is 11.7 Å². The molecule has 0 bridgehead atoms. The van der Waals surface area contributed by atoms with Crippen molar-refractivity contribution in [2.24, 2.45) is 0 Å². The molecule has 1 fully saturated rings. The molecule has 0 saturated heterocycles. The molecule has 1 aliphatic carbocycles. The average molecular weight is 338 g/mol. The zero-order valence-electron chi connectivity index (χ0n) is 13.2. The third kappa shape index (κ3) is 3.08. The molecule has 126 valence electrons. The summed E-state index contributed by atoms with van der Waals surface area (Å²) in [5.41, 5.74) is 1.40. The number of ketones is 1. The molecule has 0 aliphatic heterocycles. The molecule has 2 heterocycles. The number of aromatic amines is 2. The van der Waals surface area contributed by atoms with Crippen molar-refractivity contribution in [1.29, 1.82) is 0 Å². The third-order valence-corrected chi connectivity index (χ3v) is 4.16. The molecule has 1 aliphatic rings. The smallest absolute Gasteiger partial charge is 0.273 e. The van der Waals surface area contributed by atoms with Gasteiger partial charge in [-0.2, -0.15) is 5.10 Å². The molecule has 1 amide bonds. The van der Waals surface area contributed by atoms with E-state index in [1.807, 2.05) is 6.07 Å². The van der Waals surface area contributed by atoms with Crippen LogP contribution < -0.4 is 5.32 Å². The van der Waals surface area contributed by atoms with Gasteiger partial charge in [-0.25, -0.2) is 4.39 Å². The van der Waals surface area contributed by atoms with Crippen molar-refractivity contribution >= 4 is 17.5 Å². The largest absolute Gasteiger partial charge is 0.356 e. The minimum absolute atomic E-state index is 0.0326. The van der Waals surface area contributed by atoms with Crippen molar-refractivity contribution in [3.8, 4) is 0 Å². The van der Waals surface area contributed by atoms with Crippen molar-refractivity contribution in [3.63, 3.8) is 0 Å². The monoisotopic (exact) mass is 338 g/mol. The molecule has 0 radical (unpaired) electrons. The molecular weight excluding hydrogens is 323 g/mol. The first-order valence-electron chi connectivity index (χ1n) is 7.96. The fourth-order valence-electron chi connectivity index (χ4n) is 2.65. The molecule has 1 saturated carbocycles. The molecule has 3 N–H and O–H groups in total. The Morgan fingerprint density at radius 2 is 2.00 bits per heavy atom. The number of H-pyrrole nitrogens is 2. The number of benzene rings is 1. The Bertz CT molecular complexity index is 955. The van der Waals surface area contributed by atoms with E-state index < -0.39 is 17.5 Å². The fraction of sp³-hybridized carbons (Fsp3) is 0.167. The SMILES string of the molecule is O=C(Nc1cc(C2CC2)[nH]n1)c1cc(C(=O)c2ccccc2F)c[nH]1. The highest BCUT2D eigenvalue weighted by atomic mass is 19.1. The van der Waals surface area contributed by atoms with Gasteiger partial charge >= 0.3 is 0 Å². The van der Waals surface area contributed by atoms with Crippen LogP contribution in [0.15, 0.2) is 42.6 Å². The second kappa shape index (κ2) is 6.01. The van der Waals surface area contributed by atoms with E-state index in [-0.39, 0.29) is 16.8 Å². The predicted molar refractivity (Wildman–Crippen MR) is 89.1 cm³/mol. The minimum Gasteiger partial charge on any atom is -0.356 e. The molecule has 2 aromatic heterocycles. The van der Waals surface area contributed by atoms with Crippen molar-refractivity contribution < 1.29 is 14.0 Å². The summed E-state index contributed by atoms with van der Waals surface area (Å²) >= 11 is 0. The van der Waals surface area contributed by atoms with Gasteiger partial charge in [-0.05, 0) is 31.0 Å². The zero-order valence-corrected chi connectivity index (χ0v) is 13.2. The first-order chi connectivity index (χ1) is 12.1. The lowest BCUT2D eigenvalue weighted by Crippen LogP contribution is -2.12. The molecule has 0 unspecified atom stereocenters. The summed E-state index contributed by atoms with van der Waals surface area (Å²) in [4.78, 5) is 27.3. The fourth-order valence-corrected chi connectivity index (χ4v) is 2.65. The lowest BCUT2D eigenvalue weighted by molar-refractivity contribution is 0.102. The number of hydrogen-bond donors (Lipinski definition) is 3. The standard InChI is InChI=1S/C18H15FN4O2/c19-13-4-2-1-3-12(13)17(24)11-7-15(20-9-11)18(25)21-16-8-14(22-23-16)10-5-6-10/h1-4,7-10,20H,5-6H2,(H2,21,22,23,25). The van der Waals surface area contributed by atoms with E-state index in [2.05, 4.69) is 20.5 Å². The Hall–Kier alpha value is -3.22. The number of carbonyl (C=O) groups is 2. The van der Waals surface area contributed by atoms with Crippen LogP contribution in [0.5, 0.6) is 0 Å². The maximum atomic E-state index is 13.7.